The predicted octanol–water partition coefficient (Wildman–Crippen LogP) is 2.03. The molecular weight excluding hydrogens is 244 g/mol. The molecule has 100 valence electrons. The predicted molar refractivity (Wildman–Crippen MR) is 60.4 cm³/mol. The van der Waals surface area contributed by atoms with Crippen LogP contribution in [0, 0.1) is 5.41 Å². The average Bonchev–Trinajstić information content (AvgIpc) is 2.60. The third-order valence-corrected chi connectivity index (χ3v) is 3.03. The van der Waals surface area contributed by atoms with E-state index in [4.69, 9.17) is 5.73 Å². The van der Waals surface area contributed by atoms with Gasteiger partial charge in [0.15, 0.2) is 11.5 Å². The Kier molecular flexibility index (Phi) is 2.95. The van der Waals surface area contributed by atoms with E-state index < -0.39 is 17.8 Å². The second kappa shape index (κ2) is 4.07. The number of alkyl halides is 2. The zero-order chi connectivity index (χ0) is 13.6. The van der Waals surface area contributed by atoms with E-state index in [2.05, 4.69) is 9.47 Å². The van der Waals surface area contributed by atoms with E-state index in [0.29, 0.717) is 5.56 Å². The van der Waals surface area contributed by atoms with Crippen molar-refractivity contribution in [3.8, 4) is 11.5 Å². The Morgan fingerprint density at radius 1 is 1.33 bits per heavy atom. The summed E-state index contributed by atoms with van der Waals surface area (Å²) in [6, 6.07) is 3.90. The molecule has 3 N–H and O–H groups in total. The number of aliphatic hydroxyl groups is 1. The standard InChI is InChI=1S/C12H15F2NO3/c1-11(2,6-16)10(15)7-3-4-8-9(5-7)18-12(13,14)17-8/h3-5,10,16H,6,15H2,1-2H3/t10-/m1/s1. The molecule has 18 heavy (non-hydrogen) atoms. The maximum absolute atomic E-state index is 12.9. The summed E-state index contributed by atoms with van der Waals surface area (Å²) < 4.78 is 34.4. The summed E-state index contributed by atoms with van der Waals surface area (Å²) >= 11 is 0. The number of benzene rings is 1. The lowest BCUT2D eigenvalue weighted by molar-refractivity contribution is -0.286. The number of ether oxygens (including phenoxy) is 2. The summed E-state index contributed by atoms with van der Waals surface area (Å²) in [5, 5.41) is 9.25. The minimum absolute atomic E-state index is 0.0160. The first-order valence-corrected chi connectivity index (χ1v) is 5.51. The van der Waals surface area contributed by atoms with Gasteiger partial charge < -0.3 is 20.3 Å². The Labute approximate surface area is 103 Å². The van der Waals surface area contributed by atoms with Gasteiger partial charge in [0, 0.05) is 18.1 Å². The molecule has 0 fully saturated rings. The fraction of sp³-hybridized carbons (Fsp3) is 0.500. The van der Waals surface area contributed by atoms with Gasteiger partial charge in [0.2, 0.25) is 0 Å². The lowest BCUT2D eigenvalue weighted by atomic mass is 9.82. The van der Waals surface area contributed by atoms with Crippen LogP contribution >= 0.6 is 0 Å². The number of hydrogen-bond donors (Lipinski definition) is 2. The van der Waals surface area contributed by atoms with E-state index >= 15 is 0 Å². The van der Waals surface area contributed by atoms with Crippen molar-refractivity contribution in [1.29, 1.82) is 0 Å². The molecule has 6 heteroatoms. The fourth-order valence-corrected chi connectivity index (χ4v) is 1.71. The Hall–Kier alpha value is -1.40. The number of rotatable bonds is 3. The van der Waals surface area contributed by atoms with Crippen LogP contribution in [0.4, 0.5) is 8.78 Å². The number of hydrogen-bond acceptors (Lipinski definition) is 4. The summed E-state index contributed by atoms with van der Waals surface area (Å²) in [4.78, 5) is 0. The molecule has 0 spiro atoms. The Bertz CT molecular complexity index is 463. The van der Waals surface area contributed by atoms with Crippen LogP contribution in [-0.4, -0.2) is 18.0 Å². The van der Waals surface area contributed by atoms with Gasteiger partial charge in [0.25, 0.3) is 0 Å². The van der Waals surface area contributed by atoms with Crippen molar-refractivity contribution < 1.29 is 23.4 Å². The smallest absolute Gasteiger partial charge is 0.396 e. The molecule has 0 unspecified atom stereocenters. The van der Waals surface area contributed by atoms with Crippen molar-refractivity contribution in [3.63, 3.8) is 0 Å². The second-order valence-electron chi connectivity index (χ2n) is 5.00. The molecule has 0 saturated carbocycles. The molecule has 1 aromatic carbocycles. The first kappa shape index (κ1) is 13.0. The molecule has 0 bridgehead atoms. The molecular formula is C12H15F2NO3. The first-order valence-electron chi connectivity index (χ1n) is 5.51. The van der Waals surface area contributed by atoms with Crippen LogP contribution in [0.3, 0.4) is 0 Å². The Morgan fingerprint density at radius 2 is 1.94 bits per heavy atom. The molecule has 0 aliphatic carbocycles. The van der Waals surface area contributed by atoms with Crippen LogP contribution in [0.2, 0.25) is 0 Å². The summed E-state index contributed by atoms with van der Waals surface area (Å²) in [7, 11) is 0. The maximum atomic E-state index is 12.9. The first-order chi connectivity index (χ1) is 8.25. The van der Waals surface area contributed by atoms with Crippen LogP contribution in [-0.2, 0) is 0 Å². The highest BCUT2D eigenvalue weighted by Crippen LogP contribution is 2.43. The van der Waals surface area contributed by atoms with Gasteiger partial charge >= 0.3 is 6.29 Å². The zero-order valence-corrected chi connectivity index (χ0v) is 10.1. The normalized spacial score (nSPS) is 18.8. The van der Waals surface area contributed by atoms with Crippen LogP contribution < -0.4 is 15.2 Å². The van der Waals surface area contributed by atoms with Crippen molar-refractivity contribution in [2.45, 2.75) is 26.2 Å². The van der Waals surface area contributed by atoms with Crippen LogP contribution in [0.1, 0.15) is 25.5 Å². The van der Waals surface area contributed by atoms with Crippen molar-refractivity contribution in [1.82, 2.24) is 0 Å². The Balaban J connectivity index is 2.29. The lowest BCUT2D eigenvalue weighted by Gasteiger charge is -2.29. The van der Waals surface area contributed by atoms with Crippen LogP contribution in [0.25, 0.3) is 0 Å². The van der Waals surface area contributed by atoms with E-state index in [9.17, 15) is 13.9 Å². The van der Waals surface area contributed by atoms with Gasteiger partial charge in [-0.25, -0.2) is 0 Å². The fourth-order valence-electron chi connectivity index (χ4n) is 1.71. The minimum Gasteiger partial charge on any atom is -0.396 e. The molecule has 0 saturated heterocycles. The summed E-state index contributed by atoms with van der Waals surface area (Å²) in [6.45, 7) is 3.46. The Morgan fingerprint density at radius 3 is 2.56 bits per heavy atom. The average molecular weight is 259 g/mol. The van der Waals surface area contributed by atoms with Gasteiger partial charge in [0.05, 0.1) is 0 Å². The lowest BCUT2D eigenvalue weighted by Crippen LogP contribution is -2.32. The van der Waals surface area contributed by atoms with Gasteiger partial charge in [-0.15, -0.1) is 8.78 Å². The number of aliphatic hydroxyl groups excluding tert-OH is 1. The molecule has 1 aliphatic heterocycles. The van der Waals surface area contributed by atoms with Crippen LogP contribution in [0.15, 0.2) is 18.2 Å². The minimum atomic E-state index is -3.63. The van der Waals surface area contributed by atoms with Crippen molar-refractivity contribution in [3.05, 3.63) is 23.8 Å². The van der Waals surface area contributed by atoms with Crippen molar-refractivity contribution >= 4 is 0 Å². The molecule has 4 nitrogen and oxygen atoms in total. The maximum Gasteiger partial charge on any atom is 0.586 e. The van der Waals surface area contributed by atoms with Gasteiger partial charge in [-0.2, -0.15) is 0 Å². The summed E-state index contributed by atoms with van der Waals surface area (Å²) in [6.07, 6.45) is -3.63. The largest absolute Gasteiger partial charge is 0.586 e. The third kappa shape index (κ3) is 2.26. The van der Waals surface area contributed by atoms with Gasteiger partial charge in [-0.05, 0) is 17.7 Å². The van der Waals surface area contributed by atoms with Gasteiger partial charge in [-0.1, -0.05) is 19.9 Å². The number of nitrogens with two attached hydrogens (primary N) is 1. The van der Waals surface area contributed by atoms with Gasteiger partial charge in [0.1, 0.15) is 0 Å². The highest BCUT2D eigenvalue weighted by atomic mass is 19.3. The van der Waals surface area contributed by atoms with E-state index in [1.54, 1.807) is 19.9 Å². The highest BCUT2D eigenvalue weighted by molar-refractivity contribution is 5.46. The van der Waals surface area contributed by atoms with E-state index in [1.807, 2.05) is 0 Å². The van der Waals surface area contributed by atoms with Crippen molar-refractivity contribution in [2.24, 2.45) is 11.1 Å². The molecule has 0 aromatic heterocycles. The quantitative estimate of drug-likeness (QED) is 0.871. The zero-order valence-electron chi connectivity index (χ0n) is 10.1. The molecule has 2 rings (SSSR count). The van der Waals surface area contributed by atoms with E-state index in [1.165, 1.54) is 12.1 Å². The van der Waals surface area contributed by atoms with Crippen LogP contribution in [0.5, 0.6) is 11.5 Å². The van der Waals surface area contributed by atoms with E-state index in [-0.39, 0.29) is 18.1 Å². The second-order valence-corrected chi connectivity index (χ2v) is 5.00. The highest BCUT2D eigenvalue weighted by Gasteiger charge is 2.43. The molecule has 1 aliphatic rings. The van der Waals surface area contributed by atoms with Gasteiger partial charge in [-0.3, -0.25) is 0 Å². The number of fused-ring (bicyclic) bond motifs is 1. The molecule has 0 amide bonds. The van der Waals surface area contributed by atoms with E-state index in [0.717, 1.165) is 0 Å². The molecule has 1 atom stereocenters. The summed E-state index contributed by atoms with van der Waals surface area (Å²) in [5.74, 6) is -0.0561. The topological polar surface area (TPSA) is 64.7 Å². The molecule has 1 heterocycles. The van der Waals surface area contributed by atoms with Crippen molar-refractivity contribution in [2.75, 3.05) is 6.61 Å². The number of halogens is 2. The molecule has 1 aromatic rings. The molecule has 0 radical (unpaired) electrons. The summed E-state index contributed by atoms with van der Waals surface area (Å²) in [5.41, 5.74) is 6.05. The monoisotopic (exact) mass is 259 g/mol. The SMILES string of the molecule is CC(C)(CO)[C@H](N)c1ccc2c(c1)OC(F)(F)O2. The third-order valence-electron chi connectivity index (χ3n) is 3.03.